The smallest absolute Gasteiger partial charge is 0.263 e. The Balaban J connectivity index is 1.72. The number of aryl methyl sites for hydroxylation is 1. The minimum atomic E-state index is 0.0373. The van der Waals surface area contributed by atoms with Gasteiger partial charge >= 0.3 is 0 Å². The fourth-order valence-corrected chi connectivity index (χ4v) is 3.78. The molecule has 1 aliphatic carbocycles. The monoisotopic (exact) mass is 303 g/mol. The van der Waals surface area contributed by atoms with Crippen molar-refractivity contribution in [2.24, 2.45) is 0 Å². The Morgan fingerprint density at radius 2 is 1.90 bits per heavy atom. The van der Waals surface area contributed by atoms with Crippen LogP contribution in [-0.4, -0.2) is 21.5 Å². The molecule has 0 radical (unpaired) electrons. The summed E-state index contributed by atoms with van der Waals surface area (Å²) >= 11 is 1.46. The van der Waals surface area contributed by atoms with Crippen LogP contribution in [0, 0.1) is 6.92 Å². The van der Waals surface area contributed by atoms with Crippen LogP contribution >= 0.6 is 11.3 Å². The SMILES string of the molecule is Cc1nc(-n2cccc2)sc1C(=O)NC1CCCCCC1. The number of carbonyl (C=O) groups is 1. The van der Waals surface area contributed by atoms with E-state index in [9.17, 15) is 4.79 Å². The molecule has 0 spiro atoms. The van der Waals surface area contributed by atoms with Gasteiger partial charge in [0.2, 0.25) is 0 Å². The lowest BCUT2D eigenvalue weighted by Gasteiger charge is -2.15. The standard InChI is InChI=1S/C16H21N3OS/c1-12-14(21-16(17-12)19-10-6-7-11-19)15(20)18-13-8-4-2-3-5-9-13/h6-7,10-11,13H,2-5,8-9H2,1H3,(H,18,20). The van der Waals surface area contributed by atoms with Gasteiger partial charge in [-0.2, -0.15) is 0 Å². The summed E-state index contributed by atoms with van der Waals surface area (Å²) in [5.74, 6) is 0.0373. The Hall–Kier alpha value is -1.62. The largest absolute Gasteiger partial charge is 0.349 e. The van der Waals surface area contributed by atoms with Crippen molar-refractivity contribution in [3.63, 3.8) is 0 Å². The summed E-state index contributed by atoms with van der Waals surface area (Å²) in [6, 6.07) is 4.25. The Bertz CT molecular complexity index is 595. The van der Waals surface area contributed by atoms with E-state index < -0.39 is 0 Å². The molecule has 0 unspecified atom stereocenters. The molecular weight excluding hydrogens is 282 g/mol. The third-order valence-corrected chi connectivity index (χ3v) is 5.18. The summed E-state index contributed by atoms with van der Waals surface area (Å²) in [6.45, 7) is 1.91. The van der Waals surface area contributed by atoms with Crippen LogP contribution in [0.15, 0.2) is 24.5 Å². The van der Waals surface area contributed by atoms with Gasteiger partial charge in [-0.05, 0) is 31.9 Å². The first-order chi connectivity index (χ1) is 10.2. The summed E-state index contributed by atoms with van der Waals surface area (Å²) in [5, 5.41) is 4.05. The maximum Gasteiger partial charge on any atom is 0.263 e. The molecular formula is C16H21N3OS. The van der Waals surface area contributed by atoms with Crippen molar-refractivity contribution in [3.05, 3.63) is 35.1 Å². The average molecular weight is 303 g/mol. The number of rotatable bonds is 3. The Labute approximate surface area is 129 Å². The number of hydrogen-bond donors (Lipinski definition) is 1. The van der Waals surface area contributed by atoms with E-state index in [4.69, 9.17) is 0 Å². The van der Waals surface area contributed by atoms with Gasteiger partial charge in [0.15, 0.2) is 5.13 Å². The molecule has 1 N–H and O–H groups in total. The van der Waals surface area contributed by atoms with Crippen LogP contribution in [-0.2, 0) is 0 Å². The van der Waals surface area contributed by atoms with Crippen LogP contribution < -0.4 is 5.32 Å². The second-order valence-electron chi connectivity index (χ2n) is 5.66. The zero-order chi connectivity index (χ0) is 14.7. The minimum Gasteiger partial charge on any atom is -0.349 e. The van der Waals surface area contributed by atoms with Gasteiger partial charge in [0.1, 0.15) is 4.88 Å². The number of hydrogen-bond acceptors (Lipinski definition) is 3. The van der Waals surface area contributed by atoms with E-state index in [0.717, 1.165) is 28.5 Å². The second-order valence-corrected chi connectivity index (χ2v) is 6.64. The number of thiazole rings is 1. The molecule has 3 rings (SSSR count). The Morgan fingerprint density at radius 1 is 1.24 bits per heavy atom. The van der Waals surface area contributed by atoms with Crippen molar-refractivity contribution in [2.45, 2.75) is 51.5 Å². The third kappa shape index (κ3) is 3.35. The van der Waals surface area contributed by atoms with E-state index in [0.29, 0.717) is 6.04 Å². The number of aromatic nitrogens is 2. The number of carbonyl (C=O) groups excluding carboxylic acids is 1. The highest BCUT2D eigenvalue weighted by atomic mass is 32.1. The summed E-state index contributed by atoms with van der Waals surface area (Å²) < 4.78 is 1.94. The van der Waals surface area contributed by atoms with E-state index in [1.54, 1.807) is 0 Å². The first-order valence-corrected chi connectivity index (χ1v) is 8.47. The van der Waals surface area contributed by atoms with Crippen LogP contribution in [0.5, 0.6) is 0 Å². The molecule has 1 amide bonds. The fraction of sp³-hybridized carbons (Fsp3) is 0.500. The maximum atomic E-state index is 12.5. The molecule has 1 saturated carbocycles. The highest BCUT2D eigenvalue weighted by Gasteiger charge is 2.20. The molecule has 1 aliphatic rings. The molecule has 2 aromatic heterocycles. The lowest BCUT2D eigenvalue weighted by atomic mass is 10.1. The molecule has 112 valence electrons. The van der Waals surface area contributed by atoms with Gasteiger partial charge in [-0.15, -0.1) is 0 Å². The van der Waals surface area contributed by atoms with Gasteiger partial charge in [0, 0.05) is 18.4 Å². The van der Waals surface area contributed by atoms with E-state index in [-0.39, 0.29) is 5.91 Å². The van der Waals surface area contributed by atoms with Crippen LogP contribution in [0.1, 0.15) is 53.9 Å². The molecule has 5 heteroatoms. The summed E-state index contributed by atoms with van der Waals surface area (Å²) in [4.78, 5) is 17.7. The van der Waals surface area contributed by atoms with Crippen molar-refractivity contribution in [3.8, 4) is 5.13 Å². The molecule has 21 heavy (non-hydrogen) atoms. The van der Waals surface area contributed by atoms with Crippen molar-refractivity contribution >= 4 is 17.2 Å². The molecule has 0 aliphatic heterocycles. The normalized spacial score (nSPS) is 16.6. The molecule has 1 fully saturated rings. The second kappa shape index (κ2) is 6.43. The molecule has 0 bridgehead atoms. The fourth-order valence-electron chi connectivity index (χ4n) is 2.84. The molecule has 0 saturated heterocycles. The van der Waals surface area contributed by atoms with Crippen molar-refractivity contribution in [2.75, 3.05) is 0 Å². The maximum absolute atomic E-state index is 12.5. The number of amides is 1. The molecule has 0 atom stereocenters. The van der Waals surface area contributed by atoms with E-state index in [1.165, 1.54) is 37.0 Å². The summed E-state index contributed by atoms with van der Waals surface area (Å²) in [7, 11) is 0. The lowest BCUT2D eigenvalue weighted by Crippen LogP contribution is -2.34. The third-order valence-electron chi connectivity index (χ3n) is 4.01. The Kier molecular flexibility index (Phi) is 4.39. The number of nitrogens with zero attached hydrogens (tertiary/aromatic N) is 2. The first-order valence-electron chi connectivity index (χ1n) is 7.65. The highest BCUT2D eigenvalue weighted by molar-refractivity contribution is 7.16. The van der Waals surface area contributed by atoms with Crippen LogP contribution in [0.25, 0.3) is 5.13 Å². The van der Waals surface area contributed by atoms with Gasteiger partial charge in [-0.25, -0.2) is 4.98 Å². The predicted octanol–water partition coefficient (Wildman–Crippen LogP) is 3.69. The van der Waals surface area contributed by atoms with Crippen LogP contribution in [0.3, 0.4) is 0 Å². The molecule has 2 heterocycles. The van der Waals surface area contributed by atoms with Crippen molar-refractivity contribution in [1.29, 1.82) is 0 Å². The van der Waals surface area contributed by atoms with Gasteiger partial charge in [-0.1, -0.05) is 37.0 Å². The summed E-state index contributed by atoms with van der Waals surface area (Å²) in [5.41, 5.74) is 0.815. The van der Waals surface area contributed by atoms with Gasteiger partial charge in [-0.3, -0.25) is 4.79 Å². The van der Waals surface area contributed by atoms with E-state index in [1.807, 2.05) is 36.0 Å². The topological polar surface area (TPSA) is 46.9 Å². The highest BCUT2D eigenvalue weighted by Crippen LogP contribution is 2.23. The minimum absolute atomic E-state index is 0.0373. The van der Waals surface area contributed by atoms with Crippen molar-refractivity contribution in [1.82, 2.24) is 14.9 Å². The van der Waals surface area contributed by atoms with E-state index in [2.05, 4.69) is 10.3 Å². The molecule has 2 aromatic rings. The first kappa shape index (κ1) is 14.3. The van der Waals surface area contributed by atoms with Gasteiger partial charge < -0.3 is 9.88 Å². The lowest BCUT2D eigenvalue weighted by molar-refractivity contribution is 0.0936. The molecule has 4 nitrogen and oxygen atoms in total. The van der Waals surface area contributed by atoms with Crippen LogP contribution in [0.4, 0.5) is 0 Å². The number of nitrogens with one attached hydrogen (secondary N) is 1. The van der Waals surface area contributed by atoms with Crippen molar-refractivity contribution < 1.29 is 4.79 Å². The zero-order valence-corrected chi connectivity index (χ0v) is 13.2. The zero-order valence-electron chi connectivity index (χ0n) is 12.3. The predicted molar refractivity (Wildman–Crippen MR) is 85.1 cm³/mol. The molecule has 0 aromatic carbocycles. The quantitative estimate of drug-likeness (QED) is 0.879. The van der Waals surface area contributed by atoms with Gasteiger partial charge in [0.25, 0.3) is 5.91 Å². The van der Waals surface area contributed by atoms with Crippen LogP contribution in [0.2, 0.25) is 0 Å². The Morgan fingerprint density at radius 3 is 2.57 bits per heavy atom. The summed E-state index contributed by atoms with van der Waals surface area (Å²) in [6.07, 6.45) is 11.1. The average Bonchev–Trinajstić information content (AvgIpc) is 3.05. The van der Waals surface area contributed by atoms with E-state index >= 15 is 0 Å². The van der Waals surface area contributed by atoms with Gasteiger partial charge in [0.05, 0.1) is 5.69 Å².